The lowest BCUT2D eigenvalue weighted by atomic mass is 9.80. The first-order valence-electron chi connectivity index (χ1n) is 10.7. The molecule has 9 nitrogen and oxygen atoms in total. The number of phenols is 1. The van der Waals surface area contributed by atoms with E-state index in [9.17, 15) is 20.0 Å². The smallest absolute Gasteiger partial charge is 0.315 e. The van der Waals surface area contributed by atoms with Gasteiger partial charge in [-0.05, 0) is 75.9 Å². The van der Waals surface area contributed by atoms with Gasteiger partial charge in [-0.1, -0.05) is 6.07 Å². The van der Waals surface area contributed by atoms with Crippen molar-refractivity contribution in [2.45, 2.75) is 51.6 Å². The fourth-order valence-electron chi connectivity index (χ4n) is 3.83. The molecule has 1 N–H and O–H groups in total. The van der Waals surface area contributed by atoms with Gasteiger partial charge in [-0.15, -0.1) is 10.1 Å². The SMILES string of the molecule is COc1ccc2c(c1)-c1c(O)cc(C(C)(C)C(=O)OCCCCO[N+](=O)[O-])cc1OC2(C)C. The van der Waals surface area contributed by atoms with Crippen molar-refractivity contribution in [3.8, 4) is 28.4 Å². The topological polar surface area (TPSA) is 117 Å². The molecule has 0 saturated carbocycles. The Morgan fingerprint density at radius 2 is 1.88 bits per heavy atom. The van der Waals surface area contributed by atoms with Gasteiger partial charge in [0.15, 0.2) is 0 Å². The van der Waals surface area contributed by atoms with E-state index < -0.39 is 22.1 Å². The first-order chi connectivity index (χ1) is 15.5. The monoisotopic (exact) mass is 459 g/mol. The van der Waals surface area contributed by atoms with Gasteiger partial charge < -0.3 is 24.2 Å². The minimum Gasteiger partial charge on any atom is -0.507 e. The molecule has 1 aliphatic heterocycles. The summed E-state index contributed by atoms with van der Waals surface area (Å²) in [5.74, 6) is 0.640. The summed E-state index contributed by atoms with van der Waals surface area (Å²) in [7, 11) is 1.58. The van der Waals surface area contributed by atoms with Gasteiger partial charge in [0.2, 0.25) is 0 Å². The molecule has 33 heavy (non-hydrogen) atoms. The number of phenolic OH excluding ortho intramolecular Hbond substituents is 1. The summed E-state index contributed by atoms with van der Waals surface area (Å²) in [6.45, 7) is 7.34. The van der Waals surface area contributed by atoms with Gasteiger partial charge in [-0.2, -0.15) is 0 Å². The van der Waals surface area contributed by atoms with Gasteiger partial charge in [-0.25, -0.2) is 0 Å². The van der Waals surface area contributed by atoms with Crippen LogP contribution >= 0.6 is 0 Å². The van der Waals surface area contributed by atoms with E-state index in [1.54, 1.807) is 33.1 Å². The van der Waals surface area contributed by atoms with Crippen molar-refractivity contribution in [1.82, 2.24) is 0 Å². The predicted octanol–water partition coefficient (Wildman–Crippen LogP) is 4.50. The second-order valence-corrected chi connectivity index (χ2v) is 8.92. The molecule has 1 aliphatic rings. The lowest BCUT2D eigenvalue weighted by Crippen LogP contribution is -2.33. The third-order valence-corrected chi connectivity index (χ3v) is 5.79. The van der Waals surface area contributed by atoms with Gasteiger partial charge in [0.1, 0.15) is 22.8 Å². The van der Waals surface area contributed by atoms with E-state index in [0.717, 1.165) is 11.1 Å². The molecule has 0 spiro atoms. The molecule has 0 saturated heterocycles. The van der Waals surface area contributed by atoms with Crippen LogP contribution in [0.15, 0.2) is 30.3 Å². The van der Waals surface area contributed by atoms with E-state index >= 15 is 0 Å². The molecule has 0 bridgehead atoms. The van der Waals surface area contributed by atoms with Crippen LogP contribution in [0.1, 0.15) is 51.7 Å². The molecule has 178 valence electrons. The number of carbonyl (C=O) groups excluding carboxylic acids is 1. The number of benzene rings is 2. The Bertz CT molecular complexity index is 1060. The average Bonchev–Trinajstić information content (AvgIpc) is 2.74. The lowest BCUT2D eigenvalue weighted by molar-refractivity contribution is -0.757. The van der Waals surface area contributed by atoms with Crippen LogP contribution in [-0.2, 0) is 25.4 Å². The highest BCUT2D eigenvalue weighted by Crippen LogP contribution is 2.51. The molecule has 0 atom stereocenters. The maximum atomic E-state index is 12.8. The molecule has 3 rings (SSSR count). The van der Waals surface area contributed by atoms with Crippen LogP contribution in [0.2, 0.25) is 0 Å². The van der Waals surface area contributed by atoms with Gasteiger partial charge >= 0.3 is 5.97 Å². The molecule has 0 unspecified atom stereocenters. The second kappa shape index (κ2) is 9.17. The molecule has 2 aromatic carbocycles. The Labute approximate surface area is 192 Å². The Kier molecular flexibility index (Phi) is 6.71. The number of aromatic hydroxyl groups is 1. The molecule has 9 heteroatoms. The first kappa shape index (κ1) is 24.2. The van der Waals surface area contributed by atoms with Crippen LogP contribution in [0.4, 0.5) is 0 Å². The summed E-state index contributed by atoms with van der Waals surface area (Å²) >= 11 is 0. The van der Waals surface area contributed by atoms with Crippen molar-refractivity contribution in [2.24, 2.45) is 0 Å². The van der Waals surface area contributed by atoms with E-state index in [0.29, 0.717) is 35.5 Å². The molecule has 0 aromatic heterocycles. The average molecular weight is 459 g/mol. The number of hydrogen-bond donors (Lipinski definition) is 1. The largest absolute Gasteiger partial charge is 0.507 e. The summed E-state index contributed by atoms with van der Waals surface area (Å²) in [5.41, 5.74) is 1.09. The highest BCUT2D eigenvalue weighted by molar-refractivity contribution is 5.86. The molecule has 0 amide bonds. The van der Waals surface area contributed by atoms with Gasteiger partial charge in [-0.3, -0.25) is 4.79 Å². The van der Waals surface area contributed by atoms with E-state index in [1.165, 1.54) is 0 Å². The standard InChI is InChI=1S/C24H29NO8/c1-23(2,22(27)31-10-6-7-11-32-25(28)29)15-12-19(26)21-17-14-16(30-5)8-9-18(17)24(3,4)33-20(21)13-15/h8-9,12-14,26H,6-7,10-11H2,1-5H3. The Morgan fingerprint density at radius 1 is 1.18 bits per heavy atom. The zero-order chi connectivity index (χ0) is 24.4. The van der Waals surface area contributed by atoms with Crippen molar-refractivity contribution >= 4 is 5.97 Å². The van der Waals surface area contributed by atoms with Crippen molar-refractivity contribution in [1.29, 1.82) is 0 Å². The number of unbranched alkanes of at least 4 members (excludes halogenated alkanes) is 1. The van der Waals surface area contributed by atoms with Crippen LogP contribution in [0, 0.1) is 10.1 Å². The highest BCUT2D eigenvalue weighted by Gasteiger charge is 2.38. The van der Waals surface area contributed by atoms with E-state index in [1.807, 2.05) is 32.0 Å². The number of hydrogen-bond acceptors (Lipinski definition) is 8. The number of methoxy groups -OCH3 is 1. The van der Waals surface area contributed by atoms with E-state index in [4.69, 9.17) is 14.2 Å². The number of esters is 1. The summed E-state index contributed by atoms with van der Waals surface area (Å²) in [4.78, 5) is 27.2. The molecule has 0 aliphatic carbocycles. The number of nitrogens with zero attached hydrogens (tertiary/aromatic N) is 1. The highest BCUT2D eigenvalue weighted by atomic mass is 16.9. The Morgan fingerprint density at radius 3 is 2.55 bits per heavy atom. The Hall–Kier alpha value is -3.49. The molecular weight excluding hydrogens is 430 g/mol. The molecule has 0 radical (unpaired) electrons. The van der Waals surface area contributed by atoms with Crippen LogP contribution in [-0.4, -0.2) is 36.5 Å². The third-order valence-electron chi connectivity index (χ3n) is 5.79. The van der Waals surface area contributed by atoms with Gasteiger partial charge in [0, 0.05) is 5.56 Å². The summed E-state index contributed by atoms with van der Waals surface area (Å²) in [5, 5.41) is 20.2. The van der Waals surface area contributed by atoms with Crippen molar-refractivity contribution in [3.63, 3.8) is 0 Å². The minimum atomic E-state index is -1.06. The number of carbonyl (C=O) groups is 1. The summed E-state index contributed by atoms with van der Waals surface area (Å²) < 4.78 is 17.0. The number of fused-ring (bicyclic) bond motifs is 3. The van der Waals surface area contributed by atoms with Crippen LogP contribution in [0.3, 0.4) is 0 Å². The van der Waals surface area contributed by atoms with Gasteiger partial charge in [0.25, 0.3) is 5.09 Å². The van der Waals surface area contributed by atoms with Crippen molar-refractivity contribution in [2.75, 3.05) is 20.3 Å². The van der Waals surface area contributed by atoms with Crippen LogP contribution in [0.25, 0.3) is 11.1 Å². The zero-order valence-electron chi connectivity index (χ0n) is 19.5. The van der Waals surface area contributed by atoms with E-state index in [2.05, 4.69) is 4.84 Å². The third kappa shape index (κ3) is 4.97. The van der Waals surface area contributed by atoms with Crippen molar-refractivity contribution < 1.29 is 34.0 Å². The number of rotatable bonds is 9. The quantitative estimate of drug-likeness (QED) is 0.252. The second-order valence-electron chi connectivity index (χ2n) is 8.92. The molecule has 1 heterocycles. The number of ether oxygens (including phenoxy) is 3. The van der Waals surface area contributed by atoms with Crippen LogP contribution < -0.4 is 9.47 Å². The predicted molar refractivity (Wildman–Crippen MR) is 120 cm³/mol. The fraction of sp³-hybridized carbons (Fsp3) is 0.458. The Balaban J connectivity index is 1.84. The maximum absolute atomic E-state index is 12.8. The lowest BCUT2D eigenvalue weighted by Gasteiger charge is -2.36. The summed E-state index contributed by atoms with van der Waals surface area (Å²) in [6.07, 6.45) is 0.821. The summed E-state index contributed by atoms with van der Waals surface area (Å²) in [6, 6.07) is 8.94. The maximum Gasteiger partial charge on any atom is 0.315 e. The van der Waals surface area contributed by atoms with Crippen LogP contribution in [0.5, 0.6) is 17.2 Å². The molecular formula is C24H29NO8. The molecule has 0 fully saturated rings. The van der Waals surface area contributed by atoms with Crippen molar-refractivity contribution in [3.05, 3.63) is 51.6 Å². The fourth-order valence-corrected chi connectivity index (χ4v) is 3.83. The molecule has 2 aromatic rings. The normalized spacial score (nSPS) is 13.8. The van der Waals surface area contributed by atoms with Gasteiger partial charge in [0.05, 0.1) is 31.3 Å². The first-order valence-corrected chi connectivity index (χ1v) is 10.7. The minimum absolute atomic E-state index is 0.00898. The zero-order valence-corrected chi connectivity index (χ0v) is 19.5. The van der Waals surface area contributed by atoms with E-state index in [-0.39, 0.29) is 19.0 Å².